The molecule has 7 heteroatoms. The van der Waals surface area contributed by atoms with Crippen LogP contribution in [0.25, 0.3) is 10.9 Å². The summed E-state index contributed by atoms with van der Waals surface area (Å²) in [6, 6.07) is 17.8. The van der Waals surface area contributed by atoms with Crippen molar-refractivity contribution in [1.29, 1.82) is 0 Å². The largest absolute Gasteiger partial charge is 0.368 e. The van der Waals surface area contributed by atoms with E-state index in [0.29, 0.717) is 17.9 Å². The van der Waals surface area contributed by atoms with E-state index in [4.69, 9.17) is 0 Å². The highest BCUT2D eigenvalue weighted by Crippen LogP contribution is 2.24. The average molecular weight is 397 g/mol. The first-order valence-electron chi connectivity index (χ1n) is 9.96. The van der Waals surface area contributed by atoms with E-state index in [0.717, 1.165) is 44.7 Å². The van der Waals surface area contributed by atoms with Gasteiger partial charge in [-0.3, -0.25) is 9.80 Å². The maximum absolute atomic E-state index is 13.1. The average Bonchev–Trinajstić information content (AvgIpc) is 2.75. The molecule has 0 radical (unpaired) electrons. The van der Waals surface area contributed by atoms with Crippen LogP contribution in [0.3, 0.4) is 0 Å². The quantitative estimate of drug-likeness (QED) is 0.657. The van der Waals surface area contributed by atoms with E-state index in [1.807, 2.05) is 18.2 Å². The molecule has 0 bridgehead atoms. The topological polar surface area (TPSA) is 44.3 Å². The van der Waals surface area contributed by atoms with Gasteiger partial charge >= 0.3 is 0 Å². The number of rotatable bonds is 7. The molecule has 2 aromatic carbocycles. The molecule has 0 saturated carbocycles. The van der Waals surface area contributed by atoms with Crippen LogP contribution >= 0.6 is 0 Å². The Morgan fingerprint density at radius 1 is 0.862 bits per heavy atom. The predicted octanol–water partition coefficient (Wildman–Crippen LogP) is 3.80. The van der Waals surface area contributed by atoms with Gasteiger partial charge in [0.15, 0.2) is 5.82 Å². The van der Waals surface area contributed by atoms with E-state index < -0.39 is 12.2 Å². The zero-order chi connectivity index (χ0) is 20.1. The third-order valence-corrected chi connectivity index (χ3v) is 5.25. The first-order chi connectivity index (χ1) is 14.2. The number of para-hydroxylation sites is 1. The van der Waals surface area contributed by atoms with Crippen molar-refractivity contribution < 1.29 is 8.78 Å². The standard InChI is InChI=1S/C22H25F2N5/c23-20(24)22-26-19-9-5-4-8-18(19)21(27-22)25-10-11-28-12-14-29(15-13-28)16-17-6-2-1-3-7-17/h1-9,20H,10-16H2,(H,25,26,27). The van der Waals surface area contributed by atoms with Gasteiger partial charge in [-0.1, -0.05) is 42.5 Å². The summed E-state index contributed by atoms with van der Waals surface area (Å²) in [7, 11) is 0. The molecule has 0 spiro atoms. The highest BCUT2D eigenvalue weighted by Gasteiger charge is 2.18. The van der Waals surface area contributed by atoms with E-state index in [-0.39, 0.29) is 0 Å². The molecular formula is C22H25F2N5. The molecule has 1 aromatic heterocycles. The molecule has 0 aliphatic carbocycles. The molecule has 0 amide bonds. The fraction of sp³-hybridized carbons (Fsp3) is 0.364. The second-order valence-corrected chi connectivity index (χ2v) is 7.28. The van der Waals surface area contributed by atoms with E-state index >= 15 is 0 Å². The Labute approximate surface area is 169 Å². The number of fused-ring (bicyclic) bond motifs is 1. The Hall–Kier alpha value is -2.64. The van der Waals surface area contributed by atoms with Crippen LogP contribution in [0.2, 0.25) is 0 Å². The number of hydrogen-bond acceptors (Lipinski definition) is 5. The normalized spacial score (nSPS) is 15.8. The number of nitrogens with zero attached hydrogens (tertiary/aromatic N) is 4. The van der Waals surface area contributed by atoms with Gasteiger partial charge in [-0.05, 0) is 17.7 Å². The summed E-state index contributed by atoms with van der Waals surface area (Å²) in [5, 5.41) is 4.01. The van der Waals surface area contributed by atoms with Gasteiger partial charge in [-0.2, -0.15) is 0 Å². The van der Waals surface area contributed by atoms with Crippen LogP contribution in [-0.4, -0.2) is 59.0 Å². The zero-order valence-electron chi connectivity index (χ0n) is 16.3. The summed E-state index contributed by atoms with van der Waals surface area (Å²) in [5.74, 6) is 0.0503. The minimum Gasteiger partial charge on any atom is -0.368 e. The minimum atomic E-state index is -2.68. The number of anilines is 1. The molecule has 152 valence electrons. The molecule has 1 aliphatic rings. The Bertz CT molecular complexity index is 927. The monoisotopic (exact) mass is 397 g/mol. The van der Waals surface area contributed by atoms with Crippen molar-refractivity contribution in [3.8, 4) is 0 Å². The molecular weight excluding hydrogens is 372 g/mol. The first kappa shape index (κ1) is 19.7. The molecule has 5 nitrogen and oxygen atoms in total. The second-order valence-electron chi connectivity index (χ2n) is 7.28. The molecule has 1 N–H and O–H groups in total. The number of aromatic nitrogens is 2. The lowest BCUT2D eigenvalue weighted by molar-refractivity contribution is 0.130. The lowest BCUT2D eigenvalue weighted by Crippen LogP contribution is -2.47. The van der Waals surface area contributed by atoms with Gasteiger partial charge in [0, 0.05) is 51.2 Å². The van der Waals surface area contributed by atoms with Crippen LogP contribution in [-0.2, 0) is 6.54 Å². The Kier molecular flexibility index (Phi) is 6.27. The van der Waals surface area contributed by atoms with Gasteiger partial charge in [0.1, 0.15) is 5.82 Å². The van der Waals surface area contributed by atoms with Gasteiger partial charge in [0.05, 0.1) is 5.52 Å². The Balaban J connectivity index is 1.30. The molecule has 3 aromatic rings. The van der Waals surface area contributed by atoms with Crippen LogP contribution in [0.4, 0.5) is 14.6 Å². The van der Waals surface area contributed by atoms with Crippen LogP contribution in [0.5, 0.6) is 0 Å². The fourth-order valence-corrected chi connectivity index (χ4v) is 3.67. The number of halogens is 2. The van der Waals surface area contributed by atoms with E-state index in [1.165, 1.54) is 5.56 Å². The van der Waals surface area contributed by atoms with Crippen molar-refractivity contribution in [2.24, 2.45) is 0 Å². The maximum atomic E-state index is 13.1. The number of benzene rings is 2. The van der Waals surface area contributed by atoms with Crippen molar-refractivity contribution >= 4 is 16.7 Å². The number of nitrogens with one attached hydrogen (secondary N) is 1. The number of hydrogen-bond donors (Lipinski definition) is 1. The predicted molar refractivity (Wildman–Crippen MR) is 111 cm³/mol. The molecule has 1 aliphatic heterocycles. The smallest absolute Gasteiger partial charge is 0.297 e. The van der Waals surface area contributed by atoms with Crippen LogP contribution in [0.15, 0.2) is 54.6 Å². The van der Waals surface area contributed by atoms with E-state index in [1.54, 1.807) is 12.1 Å². The lowest BCUT2D eigenvalue weighted by Gasteiger charge is -2.34. The Morgan fingerprint density at radius 3 is 2.31 bits per heavy atom. The summed E-state index contributed by atoms with van der Waals surface area (Å²) in [5.41, 5.74) is 1.88. The van der Waals surface area contributed by atoms with Gasteiger partial charge in [-0.25, -0.2) is 18.7 Å². The van der Waals surface area contributed by atoms with Gasteiger partial charge in [0.25, 0.3) is 6.43 Å². The van der Waals surface area contributed by atoms with Crippen molar-refractivity contribution in [3.63, 3.8) is 0 Å². The van der Waals surface area contributed by atoms with E-state index in [2.05, 4.69) is 49.4 Å². The van der Waals surface area contributed by atoms with Crippen molar-refractivity contribution in [2.45, 2.75) is 13.0 Å². The molecule has 1 saturated heterocycles. The summed E-state index contributed by atoms with van der Waals surface area (Å²) < 4.78 is 26.2. The fourth-order valence-electron chi connectivity index (χ4n) is 3.67. The second kappa shape index (κ2) is 9.24. The zero-order valence-corrected chi connectivity index (χ0v) is 16.3. The minimum absolute atomic E-state index is 0.430. The maximum Gasteiger partial charge on any atom is 0.297 e. The van der Waals surface area contributed by atoms with Gasteiger partial charge in [0.2, 0.25) is 0 Å². The Morgan fingerprint density at radius 2 is 1.55 bits per heavy atom. The highest BCUT2D eigenvalue weighted by atomic mass is 19.3. The van der Waals surface area contributed by atoms with Gasteiger partial charge in [-0.15, -0.1) is 0 Å². The van der Waals surface area contributed by atoms with Gasteiger partial charge < -0.3 is 5.32 Å². The van der Waals surface area contributed by atoms with Crippen molar-refractivity contribution in [1.82, 2.24) is 19.8 Å². The summed E-state index contributed by atoms with van der Waals surface area (Å²) in [6.45, 7) is 6.55. The van der Waals surface area contributed by atoms with Crippen molar-refractivity contribution in [3.05, 3.63) is 66.0 Å². The molecule has 0 unspecified atom stereocenters. The van der Waals surface area contributed by atoms with Crippen LogP contribution in [0, 0.1) is 0 Å². The van der Waals surface area contributed by atoms with Crippen LogP contribution in [0.1, 0.15) is 17.8 Å². The van der Waals surface area contributed by atoms with Crippen molar-refractivity contribution in [2.75, 3.05) is 44.6 Å². The molecule has 29 heavy (non-hydrogen) atoms. The number of alkyl halides is 2. The number of piperazine rings is 1. The SMILES string of the molecule is FC(F)c1nc(NCCN2CCN(Cc3ccccc3)CC2)c2ccccc2n1. The van der Waals surface area contributed by atoms with Crippen LogP contribution < -0.4 is 5.32 Å². The highest BCUT2D eigenvalue weighted by molar-refractivity contribution is 5.88. The third kappa shape index (κ3) is 5.05. The molecule has 0 atom stereocenters. The lowest BCUT2D eigenvalue weighted by atomic mass is 10.2. The molecule has 2 heterocycles. The summed E-state index contributed by atoms with van der Waals surface area (Å²) in [6.07, 6.45) is -2.68. The first-order valence-corrected chi connectivity index (χ1v) is 9.96. The van der Waals surface area contributed by atoms with E-state index in [9.17, 15) is 8.78 Å². The summed E-state index contributed by atoms with van der Waals surface area (Å²) >= 11 is 0. The molecule has 1 fully saturated rings. The summed E-state index contributed by atoms with van der Waals surface area (Å²) in [4.78, 5) is 12.9. The molecule has 4 rings (SSSR count). The third-order valence-electron chi connectivity index (χ3n) is 5.25.